The minimum Gasteiger partial charge on any atom is -0.321 e. The fourth-order valence-electron chi connectivity index (χ4n) is 3.29. The van der Waals surface area contributed by atoms with Crippen LogP contribution in [0.25, 0.3) is 0 Å². The van der Waals surface area contributed by atoms with Gasteiger partial charge in [0.1, 0.15) is 5.01 Å². The van der Waals surface area contributed by atoms with Crippen LogP contribution in [0.15, 0.2) is 24.3 Å². The maximum Gasteiger partial charge on any atom is 0.273 e. The van der Waals surface area contributed by atoms with Crippen molar-refractivity contribution in [3.05, 3.63) is 34.8 Å². The molecule has 1 atom stereocenters. The molecule has 1 fully saturated rings. The molecule has 1 aromatic heterocycles. The Morgan fingerprint density at radius 3 is 2.81 bits per heavy atom. The number of rotatable bonds is 3. The van der Waals surface area contributed by atoms with Gasteiger partial charge in [-0.15, -0.1) is 10.2 Å². The van der Waals surface area contributed by atoms with Crippen LogP contribution < -0.4 is 15.5 Å². The highest BCUT2D eigenvalue weighted by Gasteiger charge is 2.56. The first-order chi connectivity index (χ1) is 12.4. The van der Waals surface area contributed by atoms with Crippen LogP contribution in [0.5, 0.6) is 0 Å². The third-order valence-electron chi connectivity index (χ3n) is 4.57. The molecule has 2 aromatic rings. The lowest BCUT2D eigenvalue weighted by Gasteiger charge is -2.41. The molecule has 2 aliphatic rings. The van der Waals surface area contributed by atoms with Gasteiger partial charge in [0.2, 0.25) is 16.7 Å². The van der Waals surface area contributed by atoms with Crippen LogP contribution in [0.4, 0.5) is 10.8 Å². The van der Waals surface area contributed by atoms with Crippen molar-refractivity contribution in [3.8, 4) is 0 Å². The second-order valence-electron chi connectivity index (χ2n) is 6.61. The summed E-state index contributed by atoms with van der Waals surface area (Å²) in [6.07, 6.45) is 0.378. The Balaban J connectivity index is 1.70. The van der Waals surface area contributed by atoms with E-state index in [0.717, 1.165) is 5.01 Å². The lowest BCUT2D eigenvalue weighted by molar-refractivity contribution is -0.124. The second-order valence-corrected chi connectivity index (χ2v) is 7.62. The summed E-state index contributed by atoms with van der Waals surface area (Å²) in [6, 6.07) is 6.78. The summed E-state index contributed by atoms with van der Waals surface area (Å²) in [5, 5.41) is 14.6. The van der Waals surface area contributed by atoms with E-state index in [4.69, 9.17) is 0 Å². The SMILES string of the molecule is CC(C)c1nnc(NC(=O)[C@@]23CCC(=O)N2c2ccccc2C(=O)N3)s1. The van der Waals surface area contributed by atoms with E-state index < -0.39 is 11.6 Å². The molecule has 0 bridgehead atoms. The third kappa shape index (κ3) is 2.38. The number of aromatic nitrogens is 2. The number of nitrogens with zero attached hydrogens (tertiary/aromatic N) is 3. The molecule has 9 heteroatoms. The molecule has 1 saturated heterocycles. The van der Waals surface area contributed by atoms with Gasteiger partial charge in [-0.2, -0.15) is 0 Å². The Labute approximate surface area is 153 Å². The number of amides is 3. The molecule has 1 aromatic carbocycles. The molecule has 2 aliphatic heterocycles. The maximum absolute atomic E-state index is 13.1. The van der Waals surface area contributed by atoms with Gasteiger partial charge in [-0.05, 0) is 12.1 Å². The molecule has 3 amide bonds. The first-order valence-corrected chi connectivity index (χ1v) is 9.13. The maximum atomic E-state index is 13.1. The van der Waals surface area contributed by atoms with Crippen LogP contribution in [0, 0.1) is 0 Å². The van der Waals surface area contributed by atoms with E-state index in [0.29, 0.717) is 16.4 Å². The van der Waals surface area contributed by atoms with Crippen LogP contribution in [-0.4, -0.2) is 33.6 Å². The molecule has 3 heterocycles. The third-order valence-corrected chi connectivity index (χ3v) is 5.71. The van der Waals surface area contributed by atoms with Crippen LogP contribution in [0.1, 0.15) is 48.0 Å². The Bertz CT molecular complexity index is 925. The summed E-state index contributed by atoms with van der Waals surface area (Å²) in [5.41, 5.74) is -0.607. The van der Waals surface area contributed by atoms with Crippen molar-refractivity contribution >= 4 is 39.9 Å². The molecule has 0 radical (unpaired) electrons. The van der Waals surface area contributed by atoms with Crippen LogP contribution in [-0.2, 0) is 9.59 Å². The standard InChI is InChI=1S/C17H17N5O3S/c1-9(2)14-20-21-16(26-14)18-15(25)17-8-7-12(23)22(17)11-6-4-3-5-10(11)13(24)19-17/h3-6,9H,7-8H2,1-2H3,(H,19,24)(H,18,21,25)/t17-/m1/s1. The van der Waals surface area contributed by atoms with Gasteiger partial charge in [0.05, 0.1) is 11.3 Å². The smallest absolute Gasteiger partial charge is 0.273 e. The van der Waals surface area contributed by atoms with Crippen molar-refractivity contribution in [3.63, 3.8) is 0 Å². The van der Waals surface area contributed by atoms with Gasteiger partial charge in [0.25, 0.3) is 11.8 Å². The first-order valence-electron chi connectivity index (χ1n) is 8.32. The van der Waals surface area contributed by atoms with Crippen LogP contribution >= 0.6 is 11.3 Å². The zero-order valence-electron chi connectivity index (χ0n) is 14.3. The molecule has 0 unspecified atom stereocenters. The zero-order valence-corrected chi connectivity index (χ0v) is 15.1. The summed E-state index contributed by atoms with van der Waals surface area (Å²) < 4.78 is 0. The molecule has 134 valence electrons. The number of para-hydroxylation sites is 1. The monoisotopic (exact) mass is 371 g/mol. The predicted octanol–water partition coefficient (Wildman–Crippen LogP) is 1.87. The Morgan fingerprint density at radius 1 is 1.31 bits per heavy atom. The topological polar surface area (TPSA) is 104 Å². The van der Waals surface area contributed by atoms with Crippen molar-refractivity contribution in [1.82, 2.24) is 15.5 Å². The Hall–Kier alpha value is -2.81. The van der Waals surface area contributed by atoms with Gasteiger partial charge in [0, 0.05) is 18.8 Å². The molecule has 4 rings (SSSR count). The largest absolute Gasteiger partial charge is 0.321 e. The fraction of sp³-hybridized carbons (Fsp3) is 0.353. The van der Waals surface area contributed by atoms with Crippen LogP contribution in [0.3, 0.4) is 0 Å². The molecular formula is C17H17N5O3S. The van der Waals surface area contributed by atoms with E-state index in [-0.39, 0.29) is 30.6 Å². The van der Waals surface area contributed by atoms with Crippen LogP contribution in [0.2, 0.25) is 0 Å². The quantitative estimate of drug-likeness (QED) is 0.857. The van der Waals surface area contributed by atoms with Crippen molar-refractivity contribution in [1.29, 1.82) is 0 Å². The summed E-state index contributed by atoms with van der Waals surface area (Å²) in [4.78, 5) is 39.5. The van der Waals surface area contributed by atoms with E-state index >= 15 is 0 Å². The van der Waals surface area contributed by atoms with E-state index in [1.54, 1.807) is 24.3 Å². The lowest BCUT2D eigenvalue weighted by Crippen LogP contribution is -2.68. The molecule has 0 spiro atoms. The number of hydrogen-bond donors (Lipinski definition) is 2. The highest BCUT2D eigenvalue weighted by molar-refractivity contribution is 7.15. The van der Waals surface area contributed by atoms with Gasteiger partial charge >= 0.3 is 0 Å². The van der Waals surface area contributed by atoms with Crippen molar-refractivity contribution in [2.24, 2.45) is 0 Å². The Kier molecular flexibility index (Phi) is 3.76. The number of nitrogens with one attached hydrogen (secondary N) is 2. The van der Waals surface area contributed by atoms with Gasteiger partial charge < -0.3 is 5.32 Å². The average molecular weight is 371 g/mol. The first kappa shape index (κ1) is 16.6. The molecule has 0 saturated carbocycles. The number of carbonyl (C=O) groups is 3. The Morgan fingerprint density at radius 2 is 2.08 bits per heavy atom. The summed E-state index contributed by atoms with van der Waals surface area (Å²) in [5.74, 6) is -0.866. The summed E-state index contributed by atoms with van der Waals surface area (Å²) in [6.45, 7) is 3.97. The van der Waals surface area contributed by atoms with Crippen molar-refractivity contribution in [2.75, 3.05) is 10.2 Å². The minimum absolute atomic E-state index is 0.176. The van der Waals surface area contributed by atoms with E-state index in [9.17, 15) is 14.4 Å². The van der Waals surface area contributed by atoms with Crippen molar-refractivity contribution in [2.45, 2.75) is 38.3 Å². The number of benzene rings is 1. The summed E-state index contributed by atoms with van der Waals surface area (Å²) in [7, 11) is 0. The normalized spacial score (nSPS) is 21.4. The zero-order chi connectivity index (χ0) is 18.5. The highest BCUT2D eigenvalue weighted by Crippen LogP contribution is 2.40. The average Bonchev–Trinajstić information content (AvgIpc) is 3.21. The van der Waals surface area contributed by atoms with Crippen molar-refractivity contribution < 1.29 is 14.4 Å². The molecule has 0 aliphatic carbocycles. The number of anilines is 2. The van der Waals surface area contributed by atoms with Gasteiger partial charge in [-0.3, -0.25) is 24.6 Å². The fourth-order valence-corrected chi connectivity index (χ4v) is 4.03. The van der Waals surface area contributed by atoms with Gasteiger partial charge in [-0.25, -0.2) is 0 Å². The molecule has 2 N–H and O–H groups in total. The molecule has 8 nitrogen and oxygen atoms in total. The molecular weight excluding hydrogens is 354 g/mol. The highest BCUT2D eigenvalue weighted by atomic mass is 32.1. The van der Waals surface area contributed by atoms with E-state index in [1.165, 1.54) is 16.2 Å². The number of hydrogen-bond acceptors (Lipinski definition) is 6. The number of fused-ring (bicyclic) bond motifs is 3. The summed E-state index contributed by atoms with van der Waals surface area (Å²) >= 11 is 1.28. The second kappa shape index (κ2) is 5.87. The van der Waals surface area contributed by atoms with E-state index in [2.05, 4.69) is 20.8 Å². The van der Waals surface area contributed by atoms with E-state index in [1.807, 2.05) is 13.8 Å². The minimum atomic E-state index is -1.44. The van der Waals surface area contributed by atoms with Gasteiger partial charge in [0.15, 0.2) is 0 Å². The number of carbonyl (C=O) groups excluding carboxylic acids is 3. The van der Waals surface area contributed by atoms with Gasteiger partial charge in [-0.1, -0.05) is 37.3 Å². The lowest BCUT2D eigenvalue weighted by atomic mass is 9.99. The molecule has 26 heavy (non-hydrogen) atoms. The predicted molar refractivity (Wildman–Crippen MR) is 96.0 cm³/mol.